The Labute approximate surface area is 162 Å². The third kappa shape index (κ3) is 5.24. The normalized spacial score (nSPS) is 10.8. The summed E-state index contributed by atoms with van der Waals surface area (Å²) in [5, 5.41) is 8.54. The van der Waals surface area contributed by atoms with Crippen LogP contribution in [0.2, 0.25) is 0 Å². The molecular formula is C17H15BrN2OS3. The molecule has 24 heavy (non-hydrogen) atoms. The number of methoxy groups -OCH3 is 1. The van der Waals surface area contributed by atoms with Crippen LogP contribution in [0.3, 0.4) is 0 Å². The fourth-order valence-electron chi connectivity index (χ4n) is 1.95. The first-order valence-electron chi connectivity index (χ1n) is 7.19. The van der Waals surface area contributed by atoms with Gasteiger partial charge in [0.05, 0.1) is 7.11 Å². The van der Waals surface area contributed by atoms with E-state index in [-0.39, 0.29) is 0 Å². The summed E-state index contributed by atoms with van der Waals surface area (Å²) in [7, 11) is 1.68. The number of hydrogen-bond donors (Lipinski definition) is 0. The standard InChI is InChI=1S/C17H15BrN2OS3/c1-21-15-7-5-12(6-8-15)10-22-16-19-20-17(24-16)23-11-13-3-2-4-14(18)9-13/h2-9H,10-11H2,1H3. The van der Waals surface area contributed by atoms with Gasteiger partial charge in [-0.15, -0.1) is 10.2 Å². The number of ether oxygens (including phenoxy) is 1. The molecule has 0 bridgehead atoms. The average Bonchev–Trinajstić information content (AvgIpc) is 3.07. The molecule has 0 atom stereocenters. The van der Waals surface area contributed by atoms with Crippen LogP contribution in [-0.4, -0.2) is 17.3 Å². The van der Waals surface area contributed by atoms with Crippen LogP contribution in [0.15, 0.2) is 61.7 Å². The van der Waals surface area contributed by atoms with Gasteiger partial charge >= 0.3 is 0 Å². The maximum absolute atomic E-state index is 5.17. The van der Waals surface area contributed by atoms with Gasteiger partial charge in [-0.2, -0.15) is 0 Å². The molecule has 0 fully saturated rings. The van der Waals surface area contributed by atoms with Crippen molar-refractivity contribution in [3.05, 3.63) is 64.1 Å². The molecule has 1 aromatic heterocycles. The van der Waals surface area contributed by atoms with Crippen molar-refractivity contribution in [3.8, 4) is 5.75 Å². The Bertz CT molecular complexity index is 793. The summed E-state index contributed by atoms with van der Waals surface area (Å²) in [5.41, 5.74) is 2.52. The van der Waals surface area contributed by atoms with Crippen molar-refractivity contribution in [2.45, 2.75) is 20.2 Å². The fourth-order valence-corrected chi connectivity index (χ4v) is 5.32. The molecule has 0 amide bonds. The molecule has 0 unspecified atom stereocenters. The summed E-state index contributed by atoms with van der Waals surface area (Å²) in [6.45, 7) is 0. The van der Waals surface area contributed by atoms with E-state index in [1.54, 1.807) is 42.0 Å². The van der Waals surface area contributed by atoms with Crippen LogP contribution in [0, 0.1) is 0 Å². The molecule has 0 saturated carbocycles. The molecule has 0 N–H and O–H groups in total. The Morgan fingerprint density at radius 3 is 2.25 bits per heavy atom. The zero-order chi connectivity index (χ0) is 16.8. The predicted octanol–water partition coefficient (Wildman–Crippen LogP) is 5.89. The molecule has 0 aliphatic rings. The number of nitrogens with zero attached hydrogens (tertiary/aromatic N) is 2. The highest BCUT2D eigenvalue weighted by molar-refractivity contribution is 9.10. The fraction of sp³-hybridized carbons (Fsp3) is 0.176. The molecule has 0 aliphatic carbocycles. The monoisotopic (exact) mass is 438 g/mol. The molecule has 124 valence electrons. The Morgan fingerprint density at radius 1 is 0.958 bits per heavy atom. The van der Waals surface area contributed by atoms with E-state index < -0.39 is 0 Å². The highest BCUT2D eigenvalue weighted by Gasteiger charge is 2.07. The number of aromatic nitrogens is 2. The summed E-state index contributed by atoms with van der Waals surface area (Å²) >= 11 is 8.59. The van der Waals surface area contributed by atoms with Crippen LogP contribution in [0.5, 0.6) is 5.75 Å². The molecule has 0 spiro atoms. The maximum atomic E-state index is 5.17. The first-order valence-corrected chi connectivity index (χ1v) is 10.8. The summed E-state index contributed by atoms with van der Waals surface area (Å²) < 4.78 is 8.29. The lowest BCUT2D eigenvalue weighted by molar-refractivity contribution is 0.414. The molecule has 0 aliphatic heterocycles. The van der Waals surface area contributed by atoms with Gasteiger partial charge in [0.1, 0.15) is 5.75 Å². The van der Waals surface area contributed by atoms with Crippen molar-refractivity contribution in [1.29, 1.82) is 0 Å². The Hall–Kier alpha value is -1.02. The number of rotatable bonds is 7. The van der Waals surface area contributed by atoms with Crippen molar-refractivity contribution < 1.29 is 4.74 Å². The lowest BCUT2D eigenvalue weighted by Gasteiger charge is -2.01. The van der Waals surface area contributed by atoms with Crippen molar-refractivity contribution in [1.82, 2.24) is 10.2 Å². The van der Waals surface area contributed by atoms with Gasteiger partial charge in [-0.1, -0.05) is 75.1 Å². The lowest BCUT2D eigenvalue weighted by atomic mass is 10.2. The molecule has 0 saturated heterocycles. The van der Waals surface area contributed by atoms with Gasteiger partial charge in [0.25, 0.3) is 0 Å². The third-order valence-corrected chi connectivity index (χ3v) is 6.99. The number of benzene rings is 2. The molecular weight excluding hydrogens is 424 g/mol. The van der Waals surface area contributed by atoms with Crippen LogP contribution < -0.4 is 4.74 Å². The quantitative estimate of drug-likeness (QED) is 0.429. The minimum Gasteiger partial charge on any atom is -0.497 e. The summed E-state index contributed by atoms with van der Waals surface area (Å²) in [4.78, 5) is 0. The van der Waals surface area contributed by atoms with Crippen LogP contribution in [0.1, 0.15) is 11.1 Å². The van der Waals surface area contributed by atoms with E-state index in [1.165, 1.54) is 11.1 Å². The average molecular weight is 439 g/mol. The van der Waals surface area contributed by atoms with Gasteiger partial charge in [0.15, 0.2) is 8.68 Å². The minimum atomic E-state index is 0.880. The number of halogens is 1. The topological polar surface area (TPSA) is 35.0 Å². The number of thioether (sulfide) groups is 2. The molecule has 3 nitrogen and oxygen atoms in total. The Morgan fingerprint density at radius 2 is 1.62 bits per heavy atom. The van der Waals surface area contributed by atoms with Gasteiger partial charge < -0.3 is 4.74 Å². The Kier molecular flexibility index (Phi) is 6.59. The van der Waals surface area contributed by atoms with E-state index in [2.05, 4.69) is 56.5 Å². The summed E-state index contributed by atoms with van der Waals surface area (Å²) in [5.74, 6) is 2.66. The highest BCUT2D eigenvalue weighted by atomic mass is 79.9. The lowest BCUT2D eigenvalue weighted by Crippen LogP contribution is -1.84. The zero-order valence-corrected chi connectivity index (χ0v) is 17.0. The Balaban J connectivity index is 1.51. The van der Waals surface area contributed by atoms with Crippen molar-refractivity contribution in [2.75, 3.05) is 7.11 Å². The largest absolute Gasteiger partial charge is 0.497 e. The van der Waals surface area contributed by atoms with E-state index in [0.29, 0.717) is 0 Å². The molecule has 3 aromatic rings. The van der Waals surface area contributed by atoms with Crippen LogP contribution in [0.25, 0.3) is 0 Å². The van der Waals surface area contributed by atoms with E-state index in [9.17, 15) is 0 Å². The third-order valence-electron chi connectivity index (χ3n) is 3.16. The highest BCUT2D eigenvalue weighted by Crippen LogP contribution is 2.32. The van der Waals surface area contributed by atoms with Gasteiger partial charge in [-0.3, -0.25) is 0 Å². The van der Waals surface area contributed by atoms with Crippen LogP contribution >= 0.6 is 50.8 Å². The molecule has 3 rings (SSSR count). The second-order valence-electron chi connectivity index (χ2n) is 4.89. The van der Waals surface area contributed by atoms with Crippen molar-refractivity contribution >= 4 is 50.8 Å². The van der Waals surface area contributed by atoms with Gasteiger partial charge in [-0.05, 0) is 35.4 Å². The van der Waals surface area contributed by atoms with E-state index >= 15 is 0 Å². The van der Waals surface area contributed by atoms with Crippen LogP contribution in [0.4, 0.5) is 0 Å². The second-order valence-corrected chi connectivity index (χ2v) is 9.23. The first-order chi connectivity index (χ1) is 11.7. The smallest absolute Gasteiger partial charge is 0.175 e. The molecule has 7 heteroatoms. The first kappa shape index (κ1) is 17.8. The van der Waals surface area contributed by atoms with E-state index in [4.69, 9.17) is 4.74 Å². The molecule has 0 radical (unpaired) electrons. The second kappa shape index (κ2) is 8.89. The maximum Gasteiger partial charge on any atom is 0.175 e. The van der Waals surface area contributed by atoms with Gasteiger partial charge in [0, 0.05) is 16.0 Å². The van der Waals surface area contributed by atoms with Gasteiger partial charge in [-0.25, -0.2) is 0 Å². The molecule has 1 heterocycles. The summed E-state index contributed by atoms with van der Waals surface area (Å²) in [6.07, 6.45) is 0. The van der Waals surface area contributed by atoms with Crippen molar-refractivity contribution in [3.63, 3.8) is 0 Å². The van der Waals surface area contributed by atoms with Gasteiger partial charge in [0.2, 0.25) is 0 Å². The SMILES string of the molecule is COc1ccc(CSc2nnc(SCc3cccc(Br)c3)s2)cc1. The van der Waals surface area contributed by atoms with E-state index in [0.717, 1.165) is 30.4 Å². The zero-order valence-electron chi connectivity index (χ0n) is 12.9. The summed E-state index contributed by atoms with van der Waals surface area (Å²) in [6, 6.07) is 16.5. The minimum absolute atomic E-state index is 0.880. The van der Waals surface area contributed by atoms with Crippen molar-refractivity contribution in [2.24, 2.45) is 0 Å². The van der Waals surface area contributed by atoms with Crippen LogP contribution in [-0.2, 0) is 11.5 Å². The van der Waals surface area contributed by atoms with E-state index in [1.807, 2.05) is 18.2 Å². The predicted molar refractivity (Wildman–Crippen MR) is 106 cm³/mol. The molecule has 2 aromatic carbocycles. The number of hydrogen-bond acceptors (Lipinski definition) is 6.